The molecule has 0 radical (unpaired) electrons. The average molecular weight is 416 g/mol. The second-order valence-electron chi connectivity index (χ2n) is 7.37. The van der Waals surface area contributed by atoms with Crippen molar-refractivity contribution in [2.75, 3.05) is 31.7 Å². The van der Waals surface area contributed by atoms with E-state index in [1.54, 1.807) is 12.1 Å². The van der Waals surface area contributed by atoms with Crippen molar-refractivity contribution in [1.82, 2.24) is 4.90 Å². The average Bonchev–Trinajstić information content (AvgIpc) is 2.98. The molecule has 0 bridgehead atoms. The van der Waals surface area contributed by atoms with Gasteiger partial charge in [0.2, 0.25) is 0 Å². The summed E-state index contributed by atoms with van der Waals surface area (Å²) in [4.78, 5) is 13.8. The van der Waals surface area contributed by atoms with Gasteiger partial charge in [-0.1, -0.05) is 17.7 Å². The molecule has 3 rings (SSSR count). The van der Waals surface area contributed by atoms with Crippen LogP contribution in [0.15, 0.2) is 29.2 Å². The minimum absolute atomic E-state index is 0.157. The Balaban J connectivity index is 1.84. The number of piperidine rings is 1. The zero-order chi connectivity index (χ0) is 19.8. The van der Waals surface area contributed by atoms with Gasteiger partial charge in [0, 0.05) is 6.04 Å². The van der Waals surface area contributed by atoms with Gasteiger partial charge >= 0.3 is 5.97 Å². The lowest BCUT2D eigenvalue weighted by atomic mass is 9.95. The third-order valence-electron chi connectivity index (χ3n) is 5.55. The van der Waals surface area contributed by atoms with Gasteiger partial charge in [-0.2, -0.15) is 0 Å². The van der Waals surface area contributed by atoms with E-state index in [4.69, 9.17) is 4.74 Å². The molecule has 0 aliphatic carbocycles. The molecule has 7 nitrogen and oxygen atoms in total. The van der Waals surface area contributed by atoms with Gasteiger partial charge < -0.3 is 4.74 Å². The van der Waals surface area contributed by atoms with E-state index < -0.39 is 31.0 Å². The van der Waals surface area contributed by atoms with Gasteiger partial charge in [0.25, 0.3) is 0 Å². The van der Waals surface area contributed by atoms with Gasteiger partial charge in [-0.05, 0) is 45.0 Å². The minimum atomic E-state index is -3.77. The van der Waals surface area contributed by atoms with Crippen molar-refractivity contribution in [2.45, 2.75) is 36.0 Å². The van der Waals surface area contributed by atoms with Gasteiger partial charge in [0.15, 0.2) is 19.7 Å². The quantitative estimate of drug-likeness (QED) is 0.672. The fraction of sp³-hybridized carbons (Fsp3) is 0.611. The largest absolute Gasteiger partial charge is 0.469 e. The van der Waals surface area contributed by atoms with Crippen molar-refractivity contribution in [3.8, 4) is 0 Å². The van der Waals surface area contributed by atoms with Gasteiger partial charge in [-0.15, -0.1) is 0 Å². The first kappa shape index (κ1) is 20.3. The predicted octanol–water partition coefficient (Wildman–Crippen LogP) is 0.819. The SMILES string of the molecule is COC(=O)C1CCN([C@H]2CS(=O)(=O)C[C@@H]2S(=O)(=O)c2ccc(C)cc2)CC1. The molecule has 2 aliphatic heterocycles. The molecule has 2 atom stereocenters. The standard InChI is InChI=1S/C18H25NO6S2/c1-13-3-5-15(6-4-13)27(23,24)17-12-26(21,22)11-16(17)19-9-7-14(8-10-19)18(20)25-2/h3-6,14,16-17H,7-12H2,1-2H3/t16-,17-/m0/s1. The summed E-state index contributed by atoms with van der Waals surface area (Å²) < 4.78 is 55.6. The number of carbonyl (C=O) groups is 1. The first-order valence-corrected chi connectivity index (χ1v) is 12.3. The highest BCUT2D eigenvalue weighted by Crippen LogP contribution is 2.31. The van der Waals surface area contributed by atoms with E-state index in [1.165, 1.54) is 19.2 Å². The Morgan fingerprint density at radius 2 is 1.70 bits per heavy atom. The predicted molar refractivity (Wildman–Crippen MR) is 101 cm³/mol. The summed E-state index contributed by atoms with van der Waals surface area (Å²) in [5, 5.41) is -0.986. The van der Waals surface area contributed by atoms with E-state index in [0.717, 1.165) is 5.56 Å². The van der Waals surface area contributed by atoms with Crippen LogP contribution in [0, 0.1) is 12.8 Å². The summed E-state index contributed by atoms with van der Waals surface area (Å²) in [5.41, 5.74) is 0.939. The van der Waals surface area contributed by atoms with Crippen molar-refractivity contribution in [3.63, 3.8) is 0 Å². The molecule has 0 N–H and O–H groups in total. The molecule has 0 aromatic heterocycles. The zero-order valence-electron chi connectivity index (χ0n) is 15.5. The fourth-order valence-corrected chi connectivity index (χ4v) is 8.80. The molecule has 2 heterocycles. The summed E-state index contributed by atoms with van der Waals surface area (Å²) in [5.74, 6) is -0.995. The third-order valence-corrected chi connectivity index (χ3v) is 9.69. The molecule has 2 aliphatic rings. The Morgan fingerprint density at radius 1 is 1.11 bits per heavy atom. The minimum Gasteiger partial charge on any atom is -0.469 e. The molecule has 27 heavy (non-hydrogen) atoms. The summed E-state index contributed by atoms with van der Waals surface area (Å²) in [7, 11) is -5.86. The van der Waals surface area contributed by atoms with E-state index >= 15 is 0 Å². The highest BCUT2D eigenvalue weighted by molar-refractivity contribution is 7.96. The Bertz CT molecular complexity index is 900. The Morgan fingerprint density at radius 3 is 2.26 bits per heavy atom. The van der Waals surface area contributed by atoms with E-state index in [-0.39, 0.29) is 28.3 Å². The Hall–Kier alpha value is -1.45. The maximum atomic E-state index is 13.1. The second-order valence-corrected chi connectivity index (χ2v) is 11.7. The number of benzene rings is 1. The van der Waals surface area contributed by atoms with E-state index in [9.17, 15) is 21.6 Å². The zero-order valence-corrected chi connectivity index (χ0v) is 17.1. The summed E-state index contributed by atoms with van der Waals surface area (Å²) >= 11 is 0. The van der Waals surface area contributed by atoms with Crippen LogP contribution in [0.2, 0.25) is 0 Å². The van der Waals surface area contributed by atoms with Gasteiger partial charge in [-0.25, -0.2) is 16.8 Å². The lowest BCUT2D eigenvalue weighted by Gasteiger charge is -2.36. The van der Waals surface area contributed by atoms with Crippen molar-refractivity contribution in [1.29, 1.82) is 0 Å². The van der Waals surface area contributed by atoms with Crippen LogP contribution < -0.4 is 0 Å². The van der Waals surface area contributed by atoms with Crippen molar-refractivity contribution >= 4 is 25.6 Å². The van der Waals surface area contributed by atoms with Gasteiger partial charge in [0.1, 0.15) is 0 Å². The fourth-order valence-electron chi connectivity index (χ4n) is 3.97. The van der Waals surface area contributed by atoms with Crippen LogP contribution in [0.5, 0.6) is 0 Å². The molecular formula is C18H25NO6S2. The summed E-state index contributed by atoms with van der Waals surface area (Å²) in [6.07, 6.45) is 1.08. The number of aryl methyl sites for hydroxylation is 1. The number of hydrogen-bond donors (Lipinski definition) is 0. The van der Waals surface area contributed by atoms with E-state index in [2.05, 4.69) is 0 Å². The number of hydrogen-bond acceptors (Lipinski definition) is 7. The molecule has 0 amide bonds. The Labute approximate surface area is 160 Å². The number of ether oxygens (including phenoxy) is 1. The number of carbonyl (C=O) groups excluding carboxylic acids is 1. The molecule has 1 aromatic carbocycles. The molecule has 2 fully saturated rings. The highest BCUT2D eigenvalue weighted by Gasteiger charge is 2.48. The molecule has 2 saturated heterocycles. The first-order valence-electron chi connectivity index (χ1n) is 8.97. The van der Waals surface area contributed by atoms with Crippen LogP contribution in [-0.4, -0.2) is 70.7 Å². The van der Waals surface area contributed by atoms with Crippen molar-refractivity contribution < 1.29 is 26.4 Å². The van der Waals surface area contributed by atoms with Crippen LogP contribution in [0.1, 0.15) is 18.4 Å². The number of esters is 1. The van der Waals surface area contributed by atoms with Gasteiger partial charge in [0.05, 0.1) is 34.7 Å². The maximum Gasteiger partial charge on any atom is 0.308 e. The number of sulfone groups is 2. The molecule has 9 heteroatoms. The maximum absolute atomic E-state index is 13.1. The van der Waals surface area contributed by atoms with Crippen molar-refractivity contribution in [3.05, 3.63) is 29.8 Å². The van der Waals surface area contributed by atoms with Crippen molar-refractivity contribution in [2.24, 2.45) is 5.92 Å². The molecule has 0 saturated carbocycles. The Kier molecular flexibility index (Phi) is 5.65. The monoisotopic (exact) mass is 415 g/mol. The topological polar surface area (TPSA) is 97.8 Å². The molecule has 1 aromatic rings. The lowest BCUT2D eigenvalue weighted by Crippen LogP contribution is -2.50. The van der Waals surface area contributed by atoms with Crippen LogP contribution in [0.4, 0.5) is 0 Å². The van der Waals surface area contributed by atoms with Gasteiger partial charge in [-0.3, -0.25) is 9.69 Å². The van der Waals surface area contributed by atoms with Crippen LogP contribution >= 0.6 is 0 Å². The van der Waals surface area contributed by atoms with E-state index in [1.807, 2.05) is 11.8 Å². The first-order chi connectivity index (χ1) is 12.6. The third kappa shape index (κ3) is 4.20. The molecule has 0 unspecified atom stereocenters. The highest BCUT2D eigenvalue weighted by atomic mass is 32.2. The normalized spacial score (nSPS) is 26.7. The molecule has 150 valence electrons. The summed E-state index contributed by atoms with van der Waals surface area (Å²) in [6.45, 7) is 2.84. The van der Waals surface area contributed by atoms with Crippen LogP contribution in [0.3, 0.4) is 0 Å². The second kappa shape index (κ2) is 7.52. The molecule has 0 spiro atoms. The summed E-state index contributed by atoms with van der Waals surface area (Å²) in [6, 6.07) is 5.92. The number of methoxy groups -OCH3 is 1. The lowest BCUT2D eigenvalue weighted by molar-refractivity contribution is -0.147. The van der Waals surface area contributed by atoms with Crippen LogP contribution in [0.25, 0.3) is 0 Å². The van der Waals surface area contributed by atoms with Crippen LogP contribution in [-0.2, 0) is 29.2 Å². The number of rotatable bonds is 4. The number of likely N-dealkylation sites (tertiary alicyclic amines) is 1. The van der Waals surface area contributed by atoms with E-state index in [0.29, 0.717) is 25.9 Å². The molecular weight excluding hydrogens is 390 g/mol. The smallest absolute Gasteiger partial charge is 0.308 e. The number of nitrogens with zero attached hydrogens (tertiary/aromatic N) is 1.